The van der Waals surface area contributed by atoms with Crippen molar-refractivity contribution in [1.29, 1.82) is 0 Å². The molecular weight excluding hydrogens is 348 g/mol. The number of anilines is 1. The number of aromatic amines is 1. The SMILES string of the molecule is COC(=O)c1cccc(NC(=O)COC(=O)Cc2c[nH]c3ccccc23)c1. The summed E-state index contributed by atoms with van der Waals surface area (Å²) in [4.78, 5) is 38.6. The second kappa shape index (κ2) is 8.18. The van der Waals surface area contributed by atoms with Crippen LogP contribution in [0.1, 0.15) is 15.9 Å². The number of carbonyl (C=O) groups is 3. The van der Waals surface area contributed by atoms with Crippen molar-refractivity contribution in [2.75, 3.05) is 19.0 Å². The van der Waals surface area contributed by atoms with Crippen molar-refractivity contribution in [2.24, 2.45) is 0 Å². The Morgan fingerprint density at radius 3 is 2.70 bits per heavy atom. The van der Waals surface area contributed by atoms with Crippen LogP contribution in [0.25, 0.3) is 10.9 Å². The van der Waals surface area contributed by atoms with Crippen molar-refractivity contribution >= 4 is 34.4 Å². The lowest BCUT2D eigenvalue weighted by atomic mass is 10.1. The molecule has 1 heterocycles. The fourth-order valence-corrected chi connectivity index (χ4v) is 2.67. The summed E-state index contributed by atoms with van der Waals surface area (Å²) in [5.41, 5.74) is 2.47. The van der Waals surface area contributed by atoms with Gasteiger partial charge in [0.1, 0.15) is 0 Å². The molecule has 3 rings (SSSR count). The van der Waals surface area contributed by atoms with Crippen LogP contribution in [0.2, 0.25) is 0 Å². The maximum atomic E-state index is 12.0. The Labute approximate surface area is 155 Å². The van der Waals surface area contributed by atoms with E-state index in [-0.39, 0.29) is 6.42 Å². The highest BCUT2D eigenvalue weighted by atomic mass is 16.5. The number of para-hydroxylation sites is 1. The van der Waals surface area contributed by atoms with Gasteiger partial charge in [-0.1, -0.05) is 24.3 Å². The molecule has 0 saturated heterocycles. The van der Waals surface area contributed by atoms with Gasteiger partial charge in [0.25, 0.3) is 5.91 Å². The number of amides is 1. The molecule has 138 valence electrons. The fourth-order valence-electron chi connectivity index (χ4n) is 2.67. The zero-order valence-electron chi connectivity index (χ0n) is 14.7. The van der Waals surface area contributed by atoms with Crippen LogP contribution in [0.4, 0.5) is 5.69 Å². The quantitative estimate of drug-likeness (QED) is 0.654. The summed E-state index contributed by atoms with van der Waals surface area (Å²) < 4.78 is 9.67. The van der Waals surface area contributed by atoms with Crippen LogP contribution in [-0.2, 0) is 25.5 Å². The lowest BCUT2D eigenvalue weighted by Gasteiger charge is -2.07. The van der Waals surface area contributed by atoms with Crippen LogP contribution in [0, 0.1) is 0 Å². The topological polar surface area (TPSA) is 97.5 Å². The summed E-state index contributed by atoms with van der Waals surface area (Å²) in [6.07, 6.45) is 1.82. The molecule has 2 N–H and O–H groups in total. The molecular formula is C20H18N2O5. The lowest BCUT2D eigenvalue weighted by Crippen LogP contribution is -2.21. The van der Waals surface area contributed by atoms with Crippen molar-refractivity contribution < 1.29 is 23.9 Å². The average molecular weight is 366 g/mol. The number of methoxy groups -OCH3 is 1. The average Bonchev–Trinajstić information content (AvgIpc) is 3.09. The van der Waals surface area contributed by atoms with E-state index in [1.54, 1.807) is 24.4 Å². The van der Waals surface area contributed by atoms with Gasteiger partial charge in [0.05, 0.1) is 19.1 Å². The first-order chi connectivity index (χ1) is 13.1. The summed E-state index contributed by atoms with van der Waals surface area (Å²) in [7, 11) is 1.28. The highest BCUT2D eigenvalue weighted by Crippen LogP contribution is 2.18. The lowest BCUT2D eigenvalue weighted by molar-refractivity contribution is -0.146. The van der Waals surface area contributed by atoms with E-state index in [0.717, 1.165) is 16.5 Å². The molecule has 0 radical (unpaired) electrons. The van der Waals surface area contributed by atoms with E-state index in [0.29, 0.717) is 11.3 Å². The third kappa shape index (κ3) is 4.52. The first-order valence-corrected chi connectivity index (χ1v) is 8.25. The highest BCUT2D eigenvalue weighted by molar-refractivity contribution is 5.96. The second-order valence-corrected chi connectivity index (χ2v) is 5.82. The molecule has 0 bridgehead atoms. The first kappa shape index (κ1) is 18.2. The van der Waals surface area contributed by atoms with Crippen LogP contribution >= 0.6 is 0 Å². The van der Waals surface area contributed by atoms with E-state index >= 15 is 0 Å². The maximum Gasteiger partial charge on any atom is 0.337 e. The predicted octanol–water partition coefficient (Wildman–Crippen LogP) is 2.68. The zero-order chi connectivity index (χ0) is 19.2. The number of H-pyrrole nitrogens is 1. The smallest absolute Gasteiger partial charge is 0.337 e. The summed E-state index contributed by atoms with van der Waals surface area (Å²) in [5.74, 6) is -1.50. The number of rotatable bonds is 6. The fraction of sp³-hybridized carbons (Fsp3) is 0.150. The Morgan fingerprint density at radius 1 is 1.07 bits per heavy atom. The molecule has 27 heavy (non-hydrogen) atoms. The predicted molar refractivity (Wildman–Crippen MR) is 99.4 cm³/mol. The molecule has 7 heteroatoms. The third-order valence-electron chi connectivity index (χ3n) is 3.94. The van der Waals surface area contributed by atoms with E-state index in [9.17, 15) is 14.4 Å². The van der Waals surface area contributed by atoms with Crippen LogP contribution in [-0.4, -0.2) is 36.5 Å². The van der Waals surface area contributed by atoms with Gasteiger partial charge in [-0.3, -0.25) is 9.59 Å². The van der Waals surface area contributed by atoms with Gasteiger partial charge in [0.15, 0.2) is 6.61 Å². The Kier molecular flexibility index (Phi) is 5.51. The van der Waals surface area contributed by atoms with Gasteiger partial charge in [-0.15, -0.1) is 0 Å². The Bertz CT molecular complexity index is 993. The van der Waals surface area contributed by atoms with Gasteiger partial charge < -0.3 is 19.8 Å². The summed E-state index contributed by atoms with van der Waals surface area (Å²) in [6.45, 7) is -0.413. The van der Waals surface area contributed by atoms with Gasteiger partial charge >= 0.3 is 11.9 Å². The Balaban J connectivity index is 1.53. The normalized spacial score (nSPS) is 10.4. The molecule has 0 fully saturated rings. The number of hydrogen-bond acceptors (Lipinski definition) is 5. The minimum Gasteiger partial charge on any atom is -0.465 e. The van der Waals surface area contributed by atoms with Crippen LogP contribution in [0.3, 0.4) is 0 Å². The van der Waals surface area contributed by atoms with Crippen LogP contribution in [0.5, 0.6) is 0 Å². The summed E-state index contributed by atoms with van der Waals surface area (Å²) >= 11 is 0. The summed E-state index contributed by atoms with van der Waals surface area (Å²) in [5, 5.41) is 3.52. The van der Waals surface area contributed by atoms with Crippen LogP contribution in [0.15, 0.2) is 54.7 Å². The molecule has 0 spiro atoms. The highest BCUT2D eigenvalue weighted by Gasteiger charge is 2.12. The molecule has 0 unspecified atom stereocenters. The first-order valence-electron chi connectivity index (χ1n) is 8.25. The molecule has 0 atom stereocenters. The van der Waals surface area contributed by atoms with E-state index < -0.39 is 24.5 Å². The molecule has 7 nitrogen and oxygen atoms in total. The Hall–Kier alpha value is -3.61. The monoisotopic (exact) mass is 366 g/mol. The molecule has 0 aliphatic carbocycles. The third-order valence-corrected chi connectivity index (χ3v) is 3.94. The van der Waals surface area contributed by atoms with Crippen LogP contribution < -0.4 is 5.32 Å². The van der Waals surface area contributed by atoms with Crippen molar-refractivity contribution in [3.8, 4) is 0 Å². The number of hydrogen-bond donors (Lipinski definition) is 2. The zero-order valence-corrected chi connectivity index (χ0v) is 14.7. The number of nitrogens with one attached hydrogen (secondary N) is 2. The van der Waals surface area contributed by atoms with E-state index in [1.165, 1.54) is 13.2 Å². The van der Waals surface area contributed by atoms with Gasteiger partial charge in [-0.25, -0.2) is 4.79 Å². The largest absolute Gasteiger partial charge is 0.465 e. The number of esters is 2. The number of benzene rings is 2. The molecule has 0 saturated carbocycles. The summed E-state index contributed by atoms with van der Waals surface area (Å²) in [6, 6.07) is 13.9. The van der Waals surface area contributed by atoms with E-state index in [1.807, 2.05) is 24.3 Å². The number of ether oxygens (including phenoxy) is 2. The van der Waals surface area contributed by atoms with Gasteiger partial charge in [-0.2, -0.15) is 0 Å². The van der Waals surface area contributed by atoms with Gasteiger partial charge in [-0.05, 0) is 29.8 Å². The molecule has 0 aliphatic rings. The molecule has 2 aromatic carbocycles. The minimum atomic E-state index is -0.503. The minimum absolute atomic E-state index is 0.0646. The standard InChI is InChI=1S/C20H18N2O5/c1-26-20(25)13-5-4-6-15(9-13)22-18(23)12-27-19(24)10-14-11-21-17-8-3-2-7-16(14)17/h2-9,11,21H,10,12H2,1H3,(H,22,23). The van der Waals surface area contributed by atoms with Crippen molar-refractivity contribution in [3.05, 3.63) is 65.9 Å². The maximum absolute atomic E-state index is 12.0. The van der Waals surface area contributed by atoms with Crippen molar-refractivity contribution in [2.45, 2.75) is 6.42 Å². The number of carbonyl (C=O) groups excluding carboxylic acids is 3. The molecule has 3 aromatic rings. The van der Waals surface area contributed by atoms with E-state index in [2.05, 4.69) is 15.0 Å². The second-order valence-electron chi connectivity index (χ2n) is 5.82. The molecule has 0 aliphatic heterocycles. The number of aromatic nitrogens is 1. The van der Waals surface area contributed by atoms with E-state index in [4.69, 9.17) is 4.74 Å². The van der Waals surface area contributed by atoms with Gasteiger partial charge in [0, 0.05) is 22.8 Å². The van der Waals surface area contributed by atoms with Crippen molar-refractivity contribution in [3.63, 3.8) is 0 Å². The van der Waals surface area contributed by atoms with Gasteiger partial charge in [0.2, 0.25) is 0 Å². The number of fused-ring (bicyclic) bond motifs is 1. The van der Waals surface area contributed by atoms with Crippen molar-refractivity contribution in [1.82, 2.24) is 4.98 Å². The molecule has 1 aromatic heterocycles. The molecule has 1 amide bonds. The Morgan fingerprint density at radius 2 is 1.89 bits per heavy atom.